The molecule has 0 aliphatic heterocycles. The molecule has 2 rings (SSSR count). The van der Waals surface area contributed by atoms with Crippen molar-refractivity contribution in [2.75, 3.05) is 16.8 Å². The summed E-state index contributed by atoms with van der Waals surface area (Å²) in [6.07, 6.45) is 0.607. The minimum atomic E-state index is -0.431. The van der Waals surface area contributed by atoms with E-state index in [2.05, 4.69) is 21.6 Å². The minimum absolute atomic E-state index is 0.109. The number of anilines is 2. The van der Waals surface area contributed by atoms with Crippen LogP contribution in [0.2, 0.25) is 0 Å². The SMILES string of the molecule is CCSc1nnc(N)n1C(CC)C(=O)Nc1cc(C)cc(C)c1. The Morgan fingerprint density at radius 1 is 1.26 bits per heavy atom. The predicted octanol–water partition coefficient (Wildman–Crippen LogP) is 3.18. The van der Waals surface area contributed by atoms with Gasteiger partial charge in [0.05, 0.1) is 0 Å². The number of carbonyl (C=O) groups excluding carboxylic acids is 1. The van der Waals surface area contributed by atoms with Crippen molar-refractivity contribution in [3.63, 3.8) is 0 Å². The number of aromatic nitrogens is 3. The summed E-state index contributed by atoms with van der Waals surface area (Å²) in [4.78, 5) is 12.7. The van der Waals surface area contributed by atoms with Gasteiger partial charge in [0.2, 0.25) is 11.9 Å². The smallest absolute Gasteiger partial charge is 0.247 e. The average Bonchev–Trinajstić information content (AvgIpc) is 2.81. The normalized spacial score (nSPS) is 12.2. The molecule has 1 amide bonds. The molecule has 0 fully saturated rings. The summed E-state index contributed by atoms with van der Waals surface area (Å²) < 4.78 is 1.71. The van der Waals surface area contributed by atoms with E-state index in [0.717, 1.165) is 22.6 Å². The number of benzene rings is 1. The topological polar surface area (TPSA) is 85.8 Å². The van der Waals surface area contributed by atoms with Crippen LogP contribution in [0.5, 0.6) is 0 Å². The van der Waals surface area contributed by atoms with Gasteiger partial charge in [0.25, 0.3) is 0 Å². The van der Waals surface area contributed by atoms with Gasteiger partial charge in [-0.3, -0.25) is 9.36 Å². The third kappa shape index (κ3) is 4.04. The number of nitrogens with one attached hydrogen (secondary N) is 1. The first-order valence-corrected chi connectivity index (χ1v) is 8.67. The third-order valence-electron chi connectivity index (χ3n) is 3.45. The highest BCUT2D eigenvalue weighted by molar-refractivity contribution is 7.99. The number of nitrogens with two attached hydrogens (primary N) is 1. The van der Waals surface area contributed by atoms with Crippen molar-refractivity contribution >= 4 is 29.3 Å². The molecule has 0 saturated heterocycles. The molecule has 1 heterocycles. The van der Waals surface area contributed by atoms with E-state index in [4.69, 9.17) is 5.73 Å². The van der Waals surface area contributed by atoms with Crippen LogP contribution in [-0.2, 0) is 4.79 Å². The molecule has 6 nitrogen and oxygen atoms in total. The average molecular weight is 333 g/mol. The van der Waals surface area contributed by atoms with E-state index in [-0.39, 0.29) is 11.9 Å². The highest BCUT2D eigenvalue weighted by Crippen LogP contribution is 2.26. The second kappa shape index (κ2) is 7.50. The van der Waals surface area contributed by atoms with Crippen LogP contribution in [-0.4, -0.2) is 26.4 Å². The lowest BCUT2D eigenvalue weighted by molar-refractivity contribution is -0.119. The summed E-state index contributed by atoms with van der Waals surface area (Å²) in [5.41, 5.74) is 8.94. The molecule has 0 aliphatic carbocycles. The van der Waals surface area contributed by atoms with Crippen LogP contribution in [0.15, 0.2) is 23.4 Å². The number of hydrogen-bond donors (Lipinski definition) is 2. The summed E-state index contributed by atoms with van der Waals surface area (Å²) in [5.74, 6) is 0.998. The van der Waals surface area contributed by atoms with E-state index in [9.17, 15) is 4.79 Å². The number of nitrogen functional groups attached to an aromatic ring is 1. The highest BCUT2D eigenvalue weighted by Gasteiger charge is 2.24. The molecule has 124 valence electrons. The predicted molar refractivity (Wildman–Crippen MR) is 94.7 cm³/mol. The molecule has 0 radical (unpaired) electrons. The van der Waals surface area contributed by atoms with E-state index < -0.39 is 6.04 Å². The second-order valence-electron chi connectivity index (χ2n) is 5.43. The van der Waals surface area contributed by atoms with Gasteiger partial charge in [0, 0.05) is 5.69 Å². The number of carbonyl (C=O) groups is 1. The molecule has 0 bridgehead atoms. The fraction of sp³-hybridized carbons (Fsp3) is 0.438. The molecule has 3 N–H and O–H groups in total. The minimum Gasteiger partial charge on any atom is -0.368 e. The van der Waals surface area contributed by atoms with Crippen LogP contribution >= 0.6 is 11.8 Å². The van der Waals surface area contributed by atoms with Crippen LogP contribution in [0.4, 0.5) is 11.6 Å². The Labute approximate surface area is 140 Å². The van der Waals surface area contributed by atoms with Gasteiger partial charge in [-0.25, -0.2) is 0 Å². The van der Waals surface area contributed by atoms with Gasteiger partial charge >= 0.3 is 0 Å². The zero-order valence-corrected chi connectivity index (χ0v) is 14.8. The van der Waals surface area contributed by atoms with Crippen molar-refractivity contribution in [2.45, 2.75) is 45.3 Å². The van der Waals surface area contributed by atoms with Crippen LogP contribution in [0.25, 0.3) is 0 Å². The number of aryl methyl sites for hydroxylation is 2. The number of amides is 1. The first-order valence-electron chi connectivity index (χ1n) is 7.68. The van der Waals surface area contributed by atoms with Gasteiger partial charge in [0.1, 0.15) is 6.04 Å². The molecule has 2 aromatic rings. The Morgan fingerprint density at radius 2 is 1.91 bits per heavy atom. The Hall–Kier alpha value is -2.02. The lowest BCUT2D eigenvalue weighted by atomic mass is 10.1. The lowest BCUT2D eigenvalue weighted by Crippen LogP contribution is -2.27. The molecule has 1 atom stereocenters. The quantitative estimate of drug-likeness (QED) is 0.793. The van der Waals surface area contributed by atoms with Crippen molar-refractivity contribution in [3.8, 4) is 0 Å². The zero-order valence-electron chi connectivity index (χ0n) is 14.0. The molecular formula is C16H23N5OS. The van der Waals surface area contributed by atoms with Crippen LogP contribution < -0.4 is 11.1 Å². The number of rotatable bonds is 6. The second-order valence-corrected chi connectivity index (χ2v) is 6.66. The molecule has 7 heteroatoms. The Morgan fingerprint density at radius 3 is 2.48 bits per heavy atom. The van der Waals surface area contributed by atoms with Gasteiger partial charge < -0.3 is 11.1 Å². The lowest BCUT2D eigenvalue weighted by Gasteiger charge is -2.19. The van der Waals surface area contributed by atoms with Gasteiger partial charge in [-0.1, -0.05) is 31.7 Å². The maximum Gasteiger partial charge on any atom is 0.247 e. The van der Waals surface area contributed by atoms with Crippen molar-refractivity contribution < 1.29 is 4.79 Å². The number of hydrogen-bond acceptors (Lipinski definition) is 5. The Kier molecular flexibility index (Phi) is 5.65. The summed E-state index contributed by atoms with van der Waals surface area (Å²) in [6, 6.07) is 5.55. The monoisotopic (exact) mass is 333 g/mol. The molecule has 23 heavy (non-hydrogen) atoms. The molecule has 1 unspecified atom stereocenters. The molecule has 0 saturated carbocycles. The maximum atomic E-state index is 12.7. The standard InChI is InChI=1S/C16H23N5OS/c1-5-13(21-15(17)19-20-16(21)23-6-2)14(22)18-12-8-10(3)7-11(4)9-12/h7-9,13H,5-6H2,1-4H3,(H2,17,19)(H,18,22). The molecular weight excluding hydrogens is 310 g/mol. The van der Waals surface area contributed by atoms with Gasteiger partial charge in [-0.05, 0) is 49.3 Å². The largest absolute Gasteiger partial charge is 0.368 e. The van der Waals surface area contributed by atoms with Crippen LogP contribution in [0.1, 0.15) is 37.4 Å². The fourth-order valence-corrected chi connectivity index (χ4v) is 3.28. The summed E-state index contributed by atoms with van der Waals surface area (Å²) in [6.45, 7) is 7.99. The van der Waals surface area contributed by atoms with Gasteiger partial charge in [-0.2, -0.15) is 0 Å². The van der Waals surface area contributed by atoms with Gasteiger partial charge in [-0.15, -0.1) is 10.2 Å². The molecule has 0 spiro atoms. The van der Waals surface area contributed by atoms with Crippen LogP contribution in [0.3, 0.4) is 0 Å². The highest BCUT2D eigenvalue weighted by atomic mass is 32.2. The summed E-state index contributed by atoms with van der Waals surface area (Å²) in [7, 11) is 0. The first kappa shape index (κ1) is 17.3. The van der Waals surface area contributed by atoms with E-state index in [1.807, 2.05) is 39.8 Å². The zero-order chi connectivity index (χ0) is 17.0. The van der Waals surface area contributed by atoms with Crippen LogP contribution in [0, 0.1) is 13.8 Å². The van der Waals surface area contributed by atoms with Crippen molar-refractivity contribution in [2.24, 2.45) is 0 Å². The molecule has 1 aromatic heterocycles. The van der Waals surface area contributed by atoms with Crippen molar-refractivity contribution in [1.82, 2.24) is 14.8 Å². The number of nitrogens with zero attached hydrogens (tertiary/aromatic N) is 3. The first-order chi connectivity index (χ1) is 11.0. The summed E-state index contributed by atoms with van der Waals surface area (Å²) in [5, 5.41) is 11.6. The molecule has 1 aromatic carbocycles. The number of thioether (sulfide) groups is 1. The molecule has 0 aliphatic rings. The Balaban J connectivity index is 2.27. The van der Waals surface area contributed by atoms with E-state index in [0.29, 0.717) is 11.6 Å². The van der Waals surface area contributed by atoms with Crippen molar-refractivity contribution in [1.29, 1.82) is 0 Å². The Bertz CT molecular complexity index is 678. The van der Waals surface area contributed by atoms with Crippen molar-refractivity contribution in [3.05, 3.63) is 29.3 Å². The van der Waals surface area contributed by atoms with E-state index in [1.165, 1.54) is 11.8 Å². The third-order valence-corrected chi connectivity index (χ3v) is 4.28. The van der Waals surface area contributed by atoms with E-state index in [1.54, 1.807) is 4.57 Å². The fourth-order valence-electron chi connectivity index (χ4n) is 2.57. The van der Waals surface area contributed by atoms with Gasteiger partial charge in [0.15, 0.2) is 5.16 Å². The van der Waals surface area contributed by atoms with E-state index >= 15 is 0 Å². The summed E-state index contributed by atoms with van der Waals surface area (Å²) >= 11 is 1.52. The maximum absolute atomic E-state index is 12.7.